The van der Waals surface area contributed by atoms with Gasteiger partial charge in [0.15, 0.2) is 23.3 Å². The first kappa shape index (κ1) is 23.8. The van der Waals surface area contributed by atoms with E-state index in [1.54, 1.807) is 19.9 Å². The summed E-state index contributed by atoms with van der Waals surface area (Å²) in [6.45, 7) is 4.77. The largest absolute Gasteiger partial charge is 0.456 e. The second kappa shape index (κ2) is 8.46. The van der Waals surface area contributed by atoms with Crippen molar-refractivity contribution in [3.05, 3.63) is 85.9 Å². The van der Waals surface area contributed by atoms with Gasteiger partial charge in [-0.3, -0.25) is 14.9 Å². The molecule has 1 aromatic heterocycles. The zero-order chi connectivity index (χ0) is 25.8. The monoisotopic (exact) mass is 491 g/mol. The Morgan fingerprint density at radius 2 is 1.51 bits per heavy atom. The molecule has 2 heterocycles. The maximum absolute atomic E-state index is 14.2. The molecule has 0 spiro atoms. The van der Waals surface area contributed by atoms with Crippen LogP contribution in [0.5, 0.6) is 0 Å². The Morgan fingerprint density at radius 3 is 2.11 bits per heavy atom. The van der Waals surface area contributed by atoms with Crippen LogP contribution in [0.1, 0.15) is 23.8 Å². The van der Waals surface area contributed by atoms with Gasteiger partial charge in [-0.1, -0.05) is 0 Å². The smallest absolute Gasteiger partial charge is 0.280 e. The van der Waals surface area contributed by atoms with Crippen LogP contribution in [0.15, 0.2) is 39.4 Å². The van der Waals surface area contributed by atoms with Crippen LogP contribution in [0, 0.1) is 53.0 Å². The van der Waals surface area contributed by atoms with Crippen molar-refractivity contribution < 1.29 is 36.1 Å². The van der Waals surface area contributed by atoms with Crippen LogP contribution in [-0.2, 0) is 4.79 Å². The number of carbonyl (C=O) groups is 1. The van der Waals surface area contributed by atoms with Gasteiger partial charge >= 0.3 is 0 Å². The number of furan rings is 1. The molecule has 0 N–H and O–H groups in total. The third-order valence-corrected chi connectivity index (χ3v) is 5.45. The second-order valence-electron chi connectivity index (χ2n) is 7.69. The number of nitro groups is 1. The van der Waals surface area contributed by atoms with E-state index in [1.807, 2.05) is 0 Å². The van der Waals surface area contributed by atoms with E-state index >= 15 is 0 Å². The highest BCUT2D eigenvalue weighted by Gasteiger charge is 2.37. The molecule has 2 aromatic carbocycles. The number of hydrazone groups is 1. The lowest BCUT2D eigenvalue weighted by Gasteiger charge is -2.14. The van der Waals surface area contributed by atoms with E-state index in [1.165, 1.54) is 25.1 Å². The van der Waals surface area contributed by atoms with Gasteiger partial charge < -0.3 is 4.42 Å². The number of halogens is 5. The average Bonchev–Trinajstić information content (AvgIpc) is 3.38. The van der Waals surface area contributed by atoms with E-state index in [4.69, 9.17) is 4.42 Å². The van der Waals surface area contributed by atoms with E-state index in [-0.39, 0.29) is 39.1 Å². The fourth-order valence-electron chi connectivity index (χ4n) is 3.48. The van der Waals surface area contributed by atoms with Gasteiger partial charge in [0.05, 0.1) is 21.8 Å². The van der Waals surface area contributed by atoms with Gasteiger partial charge in [-0.2, -0.15) is 10.1 Å². The van der Waals surface area contributed by atoms with Crippen molar-refractivity contribution in [2.24, 2.45) is 5.10 Å². The van der Waals surface area contributed by atoms with Gasteiger partial charge in [0.1, 0.15) is 17.2 Å². The third kappa shape index (κ3) is 3.86. The van der Waals surface area contributed by atoms with Gasteiger partial charge in [-0.25, -0.2) is 22.0 Å². The summed E-state index contributed by atoms with van der Waals surface area (Å²) < 4.78 is 74.6. The Kier molecular flexibility index (Phi) is 5.75. The highest BCUT2D eigenvalue weighted by Crippen LogP contribution is 2.36. The standard InChI is InChI=1S/C23H14F5N3O4/c1-9-6-14(15(31(33)34)7-10(9)2)16-5-4-12(35-16)8-13-11(3)29-30(23(13)32)22-20(27)18(25)17(24)19(26)21(22)28/h4-8H,1-3H3/b13-8+. The van der Waals surface area contributed by atoms with Crippen molar-refractivity contribution in [2.75, 3.05) is 5.01 Å². The summed E-state index contributed by atoms with van der Waals surface area (Å²) >= 11 is 0. The number of nitrogens with zero attached hydrogens (tertiary/aromatic N) is 3. The number of rotatable bonds is 4. The molecule has 7 nitrogen and oxygen atoms in total. The quantitative estimate of drug-likeness (QED) is 0.112. The van der Waals surface area contributed by atoms with Gasteiger partial charge in [0.2, 0.25) is 5.82 Å². The van der Waals surface area contributed by atoms with Crippen molar-refractivity contribution in [3.63, 3.8) is 0 Å². The predicted molar refractivity (Wildman–Crippen MR) is 115 cm³/mol. The van der Waals surface area contributed by atoms with Crippen LogP contribution < -0.4 is 5.01 Å². The number of carbonyl (C=O) groups excluding carboxylic acids is 1. The highest BCUT2D eigenvalue weighted by molar-refractivity contribution is 6.32. The molecule has 3 aromatic rings. The molecule has 1 aliphatic heterocycles. The van der Waals surface area contributed by atoms with E-state index in [9.17, 15) is 36.9 Å². The molecule has 0 saturated heterocycles. The maximum atomic E-state index is 14.2. The number of anilines is 1. The normalized spacial score (nSPS) is 14.7. The molecular formula is C23H14F5N3O4. The molecule has 4 rings (SSSR count). The minimum atomic E-state index is -2.37. The molecule has 1 amide bonds. The minimum Gasteiger partial charge on any atom is -0.456 e. The first-order valence-electron chi connectivity index (χ1n) is 9.91. The van der Waals surface area contributed by atoms with Crippen molar-refractivity contribution >= 4 is 29.1 Å². The fourth-order valence-corrected chi connectivity index (χ4v) is 3.48. The molecule has 0 saturated carbocycles. The molecule has 0 radical (unpaired) electrons. The Bertz CT molecular complexity index is 1460. The van der Waals surface area contributed by atoms with Crippen LogP contribution >= 0.6 is 0 Å². The maximum Gasteiger partial charge on any atom is 0.280 e. The lowest BCUT2D eigenvalue weighted by Crippen LogP contribution is -2.25. The molecule has 0 fully saturated rings. The Labute approximate surface area is 193 Å². The summed E-state index contributed by atoms with van der Waals surface area (Å²) in [7, 11) is 0. The van der Waals surface area contributed by atoms with Crippen molar-refractivity contribution in [2.45, 2.75) is 20.8 Å². The summed E-state index contributed by atoms with van der Waals surface area (Å²) in [6, 6.07) is 5.78. The topological polar surface area (TPSA) is 89.0 Å². The minimum absolute atomic E-state index is 0.0321. The lowest BCUT2D eigenvalue weighted by molar-refractivity contribution is -0.384. The van der Waals surface area contributed by atoms with Crippen LogP contribution in [-0.4, -0.2) is 16.5 Å². The van der Waals surface area contributed by atoms with E-state index in [0.717, 1.165) is 11.6 Å². The molecule has 180 valence electrons. The molecule has 0 atom stereocenters. The van der Waals surface area contributed by atoms with Crippen LogP contribution in [0.4, 0.5) is 33.3 Å². The van der Waals surface area contributed by atoms with E-state index in [2.05, 4.69) is 5.10 Å². The molecule has 0 bridgehead atoms. The Hall–Kier alpha value is -4.35. The third-order valence-electron chi connectivity index (χ3n) is 5.45. The number of hydrogen-bond acceptors (Lipinski definition) is 5. The van der Waals surface area contributed by atoms with Crippen molar-refractivity contribution in [1.82, 2.24) is 0 Å². The Balaban J connectivity index is 1.73. The summed E-state index contributed by atoms with van der Waals surface area (Å²) in [5.41, 5.74) is -0.387. The van der Waals surface area contributed by atoms with Gasteiger partial charge in [-0.15, -0.1) is 0 Å². The summed E-state index contributed by atoms with van der Waals surface area (Å²) in [5, 5.41) is 15.2. The van der Waals surface area contributed by atoms with E-state index in [0.29, 0.717) is 5.56 Å². The van der Waals surface area contributed by atoms with Gasteiger partial charge in [-0.05, 0) is 56.2 Å². The predicted octanol–water partition coefficient (Wildman–Crippen LogP) is 5.97. The first-order chi connectivity index (χ1) is 16.4. The molecular weight excluding hydrogens is 477 g/mol. The van der Waals surface area contributed by atoms with Gasteiger partial charge in [0.25, 0.3) is 11.6 Å². The molecule has 0 unspecified atom stereocenters. The number of hydrogen-bond donors (Lipinski definition) is 0. The van der Waals surface area contributed by atoms with E-state index < -0.39 is 45.6 Å². The highest BCUT2D eigenvalue weighted by atomic mass is 19.2. The molecule has 12 heteroatoms. The summed E-state index contributed by atoms with van der Waals surface area (Å²) in [4.78, 5) is 23.7. The zero-order valence-electron chi connectivity index (χ0n) is 18.3. The second-order valence-corrected chi connectivity index (χ2v) is 7.69. The zero-order valence-corrected chi connectivity index (χ0v) is 18.3. The summed E-state index contributed by atoms with van der Waals surface area (Å²) in [6.07, 6.45) is 1.14. The Morgan fingerprint density at radius 1 is 0.943 bits per heavy atom. The number of nitro benzene ring substituents is 1. The number of benzene rings is 2. The fraction of sp³-hybridized carbons (Fsp3) is 0.130. The van der Waals surface area contributed by atoms with Crippen LogP contribution in [0.2, 0.25) is 0 Å². The van der Waals surface area contributed by atoms with Crippen LogP contribution in [0.25, 0.3) is 17.4 Å². The van der Waals surface area contributed by atoms with Crippen molar-refractivity contribution in [1.29, 1.82) is 0 Å². The number of aryl methyl sites for hydroxylation is 2. The first-order valence-corrected chi connectivity index (χ1v) is 9.91. The van der Waals surface area contributed by atoms with Crippen molar-refractivity contribution in [3.8, 4) is 11.3 Å². The summed E-state index contributed by atoms with van der Waals surface area (Å²) in [5.74, 6) is -12.3. The molecule has 35 heavy (non-hydrogen) atoms. The SMILES string of the molecule is CC1=NN(c2c(F)c(F)c(F)c(F)c2F)C(=O)/C1=C/c1ccc(-c2cc(C)c(C)cc2[N+](=O)[O-])o1. The molecule has 1 aliphatic rings. The lowest BCUT2D eigenvalue weighted by atomic mass is 10.0. The van der Waals surface area contributed by atoms with Crippen LogP contribution in [0.3, 0.4) is 0 Å². The van der Waals surface area contributed by atoms with Gasteiger partial charge in [0, 0.05) is 6.07 Å². The molecule has 0 aliphatic carbocycles. The average molecular weight is 491 g/mol. The number of amides is 1.